The first kappa shape index (κ1) is 13.9. The Morgan fingerprint density at radius 2 is 2.15 bits per heavy atom. The maximum Gasteiger partial charge on any atom is 0.338 e. The molecule has 2 rings (SSSR count). The number of aromatic nitrogens is 1. The van der Waals surface area contributed by atoms with Crippen molar-refractivity contribution in [3.63, 3.8) is 0 Å². The van der Waals surface area contributed by atoms with E-state index in [1.165, 1.54) is 7.11 Å². The maximum atomic E-state index is 11.9. The molecular formula is C15H16N2O3. The number of pyridine rings is 1. The molecule has 2 aromatic rings. The molecule has 0 bridgehead atoms. The standard InChI is InChI=1S/C15H16N2O3/c1-19-14-10-11(5-6-13(14)16)15(18)20-9-7-12-4-2-3-8-17-12/h2-6,8,10H,7,9,16H2,1H3. The van der Waals surface area contributed by atoms with E-state index in [2.05, 4.69) is 4.98 Å². The zero-order valence-electron chi connectivity index (χ0n) is 11.2. The second-order valence-electron chi connectivity index (χ2n) is 4.16. The van der Waals surface area contributed by atoms with E-state index in [-0.39, 0.29) is 6.61 Å². The number of carbonyl (C=O) groups is 1. The molecule has 0 aliphatic rings. The molecule has 0 amide bonds. The Morgan fingerprint density at radius 3 is 2.85 bits per heavy atom. The molecule has 0 saturated carbocycles. The first-order valence-electron chi connectivity index (χ1n) is 6.21. The van der Waals surface area contributed by atoms with Crippen LogP contribution in [0.3, 0.4) is 0 Å². The van der Waals surface area contributed by atoms with Crippen molar-refractivity contribution in [3.8, 4) is 5.75 Å². The molecule has 0 radical (unpaired) electrons. The fourth-order valence-electron chi connectivity index (χ4n) is 1.72. The van der Waals surface area contributed by atoms with Gasteiger partial charge in [0.25, 0.3) is 0 Å². The Bertz CT molecular complexity index is 585. The summed E-state index contributed by atoms with van der Waals surface area (Å²) >= 11 is 0. The largest absolute Gasteiger partial charge is 0.495 e. The molecule has 0 aliphatic carbocycles. The van der Waals surface area contributed by atoms with Crippen molar-refractivity contribution >= 4 is 11.7 Å². The van der Waals surface area contributed by atoms with Crippen molar-refractivity contribution in [1.29, 1.82) is 0 Å². The summed E-state index contributed by atoms with van der Waals surface area (Å²) in [5.74, 6) is 0.0587. The third-order valence-corrected chi connectivity index (χ3v) is 2.79. The number of ether oxygens (including phenoxy) is 2. The van der Waals surface area contributed by atoms with Crippen molar-refractivity contribution < 1.29 is 14.3 Å². The summed E-state index contributed by atoms with van der Waals surface area (Å²) < 4.78 is 10.3. The fourth-order valence-corrected chi connectivity index (χ4v) is 1.72. The van der Waals surface area contributed by atoms with Gasteiger partial charge in [0.1, 0.15) is 5.75 Å². The van der Waals surface area contributed by atoms with E-state index >= 15 is 0 Å². The number of nitrogens with two attached hydrogens (primary N) is 1. The minimum atomic E-state index is -0.403. The molecule has 104 valence electrons. The van der Waals surface area contributed by atoms with Crippen molar-refractivity contribution in [1.82, 2.24) is 4.98 Å². The van der Waals surface area contributed by atoms with Gasteiger partial charge < -0.3 is 15.2 Å². The minimum absolute atomic E-state index is 0.280. The van der Waals surface area contributed by atoms with Crippen LogP contribution < -0.4 is 10.5 Å². The average molecular weight is 272 g/mol. The smallest absolute Gasteiger partial charge is 0.338 e. The van der Waals surface area contributed by atoms with Gasteiger partial charge in [-0.1, -0.05) is 6.07 Å². The van der Waals surface area contributed by atoms with E-state index < -0.39 is 5.97 Å². The van der Waals surface area contributed by atoms with E-state index in [1.54, 1.807) is 24.4 Å². The topological polar surface area (TPSA) is 74.4 Å². The fraction of sp³-hybridized carbons (Fsp3) is 0.200. The average Bonchev–Trinajstić information content (AvgIpc) is 2.48. The maximum absolute atomic E-state index is 11.9. The summed E-state index contributed by atoms with van der Waals surface area (Å²) in [7, 11) is 1.50. The van der Waals surface area contributed by atoms with Crippen LogP contribution in [-0.2, 0) is 11.2 Å². The van der Waals surface area contributed by atoms with Crippen molar-refractivity contribution in [3.05, 3.63) is 53.9 Å². The Hall–Kier alpha value is -2.56. The highest BCUT2D eigenvalue weighted by Crippen LogP contribution is 2.22. The highest BCUT2D eigenvalue weighted by molar-refractivity contribution is 5.90. The highest BCUT2D eigenvalue weighted by atomic mass is 16.5. The number of benzene rings is 1. The van der Waals surface area contributed by atoms with Crippen LogP contribution in [0.4, 0.5) is 5.69 Å². The van der Waals surface area contributed by atoms with Gasteiger partial charge in [-0.3, -0.25) is 4.98 Å². The molecule has 5 nitrogen and oxygen atoms in total. The van der Waals surface area contributed by atoms with E-state index in [0.29, 0.717) is 23.4 Å². The summed E-state index contributed by atoms with van der Waals surface area (Å²) in [6, 6.07) is 10.4. The lowest BCUT2D eigenvalue weighted by Gasteiger charge is -2.08. The number of hydrogen-bond donors (Lipinski definition) is 1. The molecule has 0 unspecified atom stereocenters. The molecule has 1 heterocycles. The van der Waals surface area contributed by atoms with Gasteiger partial charge in [0.15, 0.2) is 0 Å². The van der Waals surface area contributed by atoms with E-state index in [4.69, 9.17) is 15.2 Å². The van der Waals surface area contributed by atoms with Crippen LogP contribution in [0.5, 0.6) is 5.75 Å². The molecule has 2 N–H and O–H groups in total. The summed E-state index contributed by atoms with van der Waals surface area (Å²) in [4.78, 5) is 16.0. The number of esters is 1. The lowest BCUT2D eigenvalue weighted by atomic mass is 10.2. The lowest BCUT2D eigenvalue weighted by molar-refractivity contribution is 0.0508. The molecule has 0 atom stereocenters. The van der Waals surface area contributed by atoms with Gasteiger partial charge in [-0.2, -0.15) is 0 Å². The van der Waals surface area contributed by atoms with Gasteiger partial charge in [-0.25, -0.2) is 4.79 Å². The van der Waals surface area contributed by atoms with Crippen LogP contribution in [0, 0.1) is 0 Å². The third kappa shape index (κ3) is 3.47. The molecule has 20 heavy (non-hydrogen) atoms. The van der Waals surface area contributed by atoms with E-state index in [9.17, 15) is 4.79 Å². The summed E-state index contributed by atoms with van der Waals surface area (Å²) in [5, 5.41) is 0. The number of anilines is 1. The monoisotopic (exact) mass is 272 g/mol. The molecule has 1 aromatic heterocycles. The van der Waals surface area contributed by atoms with Crippen LogP contribution in [0.15, 0.2) is 42.6 Å². The number of methoxy groups -OCH3 is 1. The zero-order chi connectivity index (χ0) is 14.4. The predicted octanol–water partition coefficient (Wildman–Crippen LogP) is 2.07. The number of carbonyl (C=O) groups excluding carboxylic acids is 1. The van der Waals surface area contributed by atoms with Gasteiger partial charge >= 0.3 is 5.97 Å². The Morgan fingerprint density at radius 1 is 1.30 bits per heavy atom. The van der Waals surface area contributed by atoms with Crippen LogP contribution >= 0.6 is 0 Å². The quantitative estimate of drug-likeness (QED) is 0.666. The molecule has 0 fully saturated rings. The van der Waals surface area contributed by atoms with Crippen LogP contribution in [0.25, 0.3) is 0 Å². The first-order chi connectivity index (χ1) is 9.70. The summed E-state index contributed by atoms with van der Waals surface area (Å²) in [6.45, 7) is 0.280. The second kappa shape index (κ2) is 6.56. The molecule has 0 spiro atoms. The number of nitrogens with zero attached hydrogens (tertiary/aromatic N) is 1. The van der Waals surface area contributed by atoms with Gasteiger partial charge in [0.2, 0.25) is 0 Å². The van der Waals surface area contributed by atoms with Gasteiger partial charge in [0.05, 0.1) is 25.0 Å². The molecular weight excluding hydrogens is 256 g/mol. The minimum Gasteiger partial charge on any atom is -0.495 e. The van der Waals surface area contributed by atoms with Gasteiger partial charge in [0, 0.05) is 18.3 Å². The second-order valence-corrected chi connectivity index (χ2v) is 4.16. The van der Waals surface area contributed by atoms with Crippen LogP contribution in [-0.4, -0.2) is 24.7 Å². The van der Waals surface area contributed by atoms with Crippen molar-refractivity contribution in [2.45, 2.75) is 6.42 Å². The predicted molar refractivity (Wildman–Crippen MR) is 75.6 cm³/mol. The number of rotatable bonds is 5. The molecule has 0 saturated heterocycles. The highest BCUT2D eigenvalue weighted by Gasteiger charge is 2.10. The molecule has 5 heteroatoms. The van der Waals surface area contributed by atoms with E-state index in [1.807, 2.05) is 18.2 Å². The van der Waals surface area contributed by atoms with Crippen molar-refractivity contribution in [2.24, 2.45) is 0 Å². The van der Waals surface area contributed by atoms with Gasteiger partial charge in [-0.15, -0.1) is 0 Å². The van der Waals surface area contributed by atoms with Crippen LogP contribution in [0.2, 0.25) is 0 Å². The summed E-state index contributed by atoms with van der Waals surface area (Å²) in [5.41, 5.74) is 7.47. The number of hydrogen-bond acceptors (Lipinski definition) is 5. The van der Waals surface area contributed by atoms with Crippen LogP contribution in [0.1, 0.15) is 16.1 Å². The molecule has 1 aromatic carbocycles. The molecule has 0 aliphatic heterocycles. The third-order valence-electron chi connectivity index (χ3n) is 2.79. The Labute approximate surface area is 117 Å². The van der Waals surface area contributed by atoms with Crippen molar-refractivity contribution in [2.75, 3.05) is 19.5 Å². The van der Waals surface area contributed by atoms with E-state index in [0.717, 1.165) is 5.69 Å². The Balaban J connectivity index is 1.92. The lowest BCUT2D eigenvalue weighted by Crippen LogP contribution is -2.09. The summed E-state index contributed by atoms with van der Waals surface area (Å²) in [6.07, 6.45) is 2.29. The normalized spacial score (nSPS) is 10.1. The first-order valence-corrected chi connectivity index (χ1v) is 6.21. The Kier molecular flexibility index (Phi) is 4.55. The SMILES string of the molecule is COc1cc(C(=O)OCCc2ccccn2)ccc1N. The number of nitrogen functional groups attached to an aromatic ring is 1. The zero-order valence-corrected chi connectivity index (χ0v) is 11.2. The van der Waals surface area contributed by atoms with Gasteiger partial charge in [-0.05, 0) is 30.3 Å².